The zero-order valence-electron chi connectivity index (χ0n) is 9.81. The van der Waals surface area contributed by atoms with Gasteiger partial charge < -0.3 is 14.8 Å². The highest BCUT2D eigenvalue weighted by atomic mass is 16.2. The van der Waals surface area contributed by atoms with Gasteiger partial charge in [-0.2, -0.15) is 0 Å². The number of likely N-dealkylation sites (tertiary alicyclic amines) is 1. The second kappa shape index (κ2) is 4.65. The Kier molecular flexibility index (Phi) is 3.24. The molecule has 0 radical (unpaired) electrons. The monoisotopic (exact) mass is 222 g/mol. The van der Waals surface area contributed by atoms with E-state index >= 15 is 0 Å². The summed E-state index contributed by atoms with van der Waals surface area (Å²) in [6.07, 6.45) is 5.48. The average Bonchev–Trinajstić information content (AvgIpc) is 2.87. The van der Waals surface area contributed by atoms with E-state index in [4.69, 9.17) is 0 Å². The Labute approximate surface area is 95.5 Å². The average molecular weight is 222 g/mol. The largest absolute Gasteiger partial charge is 0.333 e. The molecule has 0 aromatic carbocycles. The quantitative estimate of drug-likeness (QED) is 0.797. The van der Waals surface area contributed by atoms with Crippen LogP contribution in [-0.2, 0) is 7.05 Å². The van der Waals surface area contributed by atoms with Gasteiger partial charge in [-0.25, -0.2) is 4.98 Å². The Balaban J connectivity index is 2.12. The van der Waals surface area contributed by atoms with Crippen molar-refractivity contribution in [2.75, 3.05) is 20.1 Å². The zero-order valence-corrected chi connectivity index (χ0v) is 9.81. The van der Waals surface area contributed by atoms with E-state index in [2.05, 4.69) is 10.3 Å². The molecule has 0 spiro atoms. The van der Waals surface area contributed by atoms with Gasteiger partial charge in [-0.15, -0.1) is 0 Å². The number of amides is 1. The number of imidazole rings is 1. The molecule has 2 heterocycles. The number of aromatic nitrogens is 2. The van der Waals surface area contributed by atoms with Gasteiger partial charge in [-0.3, -0.25) is 4.79 Å². The van der Waals surface area contributed by atoms with Crippen molar-refractivity contribution >= 4 is 5.91 Å². The summed E-state index contributed by atoms with van der Waals surface area (Å²) in [5.41, 5.74) is 0.669. The van der Waals surface area contributed by atoms with E-state index in [1.54, 1.807) is 17.1 Å². The molecular weight excluding hydrogens is 204 g/mol. The molecule has 2 rings (SSSR count). The van der Waals surface area contributed by atoms with E-state index in [1.165, 1.54) is 0 Å². The van der Waals surface area contributed by atoms with Gasteiger partial charge in [0.15, 0.2) is 0 Å². The fraction of sp³-hybridized carbons (Fsp3) is 0.636. The van der Waals surface area contributed by atoms with Crippen molar-refractivity contribution in [2.45, 2.75) is 18.9 Å². The molecule has 1 saturated heterocycles. The topological polar surface area (TPSA) is 50.2 Å². The minimum atomic E-state index is 0.0951. The maximum absolute atomic E-state index is 12.3. The van der Waals surface area contributed by atoms with E-state index in [1.807, 2.05) is 19.0 Å². The number of nitrogens with zero attached hydrogens (tertiary/aromatic N) is 3. The summed E-state index contributed by atoms with van der Waals surface area (Å²) >= 11 is 0. The lowest BCUT2D eigenvalue weighted by atomic mass is 10.2. The summed E-state index contributed by atoms with van der Waals surface area (Å²) in [5, 5.41) is 3.14. The van der Waals surface area contributed by atoms with Gasteiger partial charge in [0.2, 0.25) is 0 Å². The summed E-state index contributed by atoms with van der Waals surface area (Å²) < 4.78 is 1.77. The first kappa shape index (κ1) is 11.1. The third kappa shape index (κ3) is 1.95. The van der Waals surface area contributed by atoms with Gasteiger partial charge >= 0.3 is 0 Å². The summed E-state index contributed by atoms with van der Waals surface area (Å²) in [6.45, 7) is 1.72. The summed E-state index contributed by atoms with van der Waals surface area (Å²) in [5.74, 6) is 0.0951. The van der Waals surface area contributed by atoms with Crippen molar-refractivity contribution in [3.8, 4) is 0 Å². The molecule has 88 valence electrons. The molecule has 1 aromatic rings. The number of hydrogen-bond acceptors (Lipinski definition) is 3. The van der Waals surface area contributed by atoms with Crippen molar-refractivity contribution in [2.24, 2.45) is 7.05 Å². The lowest BCUT2D eigenvalue weighted by Gasteiger charge is -2.24. The third-order valence-corrected chi connectivity index (χ3v) is 3.11. The number of aryl methyl sites for hydroxylation is 1. The zero-order chi connectivity index (χ0) is 11.5. The predicted octanol–water partition coefficient (Wildman–Crippen LogP) is 0.244. The highest BCUT2D eigenvalue weighted by Crippen LogP contribution is 2.19. The smallest absolute Gasteiger partial charge is 0.272 e. The van der Waals surface area contributed by atoms with Crippen LogP contribution in [-0.4, -0.2) is 46.5 Å². The van der Waals surface area contributed by atoms with Crippen LogP contribution < -0.4 is 5.32 Å². The molecule has 1 atom stereocenters. The second-order valence-corrected chi connectivity index (χ2v) is 4.24. The molecule has 1 aliphatic rings. The fourth-order valence-electron chi connectivity index (χ4n) is 2.26. The second-order valence-electron chi connectivity index (χ2n) is 4.24. The SMILES string of the molecule is CNCC1CCCN1C(=O)c1cncn1C. The minimum Gasteiger partial charge on any atom is -0.333 e. The summed E-state index contributed by atoms with van der Waals surface area (Å²) in [4.78, 5) is 18.2. The highest BCUT2D eigenvalue weighted by molar-refractivity contribution is 5.92. The van der Waals surface area contributed by atoms with Crippen LogP contribution in [0.2, 0.25) is 0 Å². The van der Waals surface area contributed by atoms with Crippen LogP contribution in [0.1, 0.15) is 23.3 Å². The Morgan fingerprint density at radius 2 is 2.50 bits per heavy atom. The predicted molar refractivity (Wildman–Crippen MR) is 61.2 cm³/mol. The Morgan fingerprint density at radius 1 is 1.69 bits per heavy atom. The van der Waals surface area contributed by atoms with Crippen LogP contribution >= 0.6 is 0 Å². The summed E-state index contributed by atoms with van der Waals surface area (Å²) in [7, 11) is 3.77. The Morgan fingerprint density at radius 3 is 3.12 bits per heavy atom. The normalized spacial score (nSPS) is 20.4. The molecule has 1 N–H and O–H groups in total. The number of nitrogens with one attached hydrogen (secondary N) is 1. The first-order valence-corrected chi connectivity index (χ1v) is 5.66. The van der Waals surface area contributed by atoms with Crippen LogP contribution in [0.3, 0.4) is 0 Å². The van der Waals surface area contributed by atoms with Gasteiger partial charge in [0.05, 0.1) is 12.5 Å². The van der Waals surface area contributed by atoms with Gasteiger partial charge in [0, 0.05) is 26.2 Å². The van der Waals surface area contributed by atoms with Crippen molar-refractivity contribution in [3.63, 3.8) is 0 Å². The molecule has 0 aliphatic carbocycles. The maximum Gasteiger partial charge on any atom is 0.272 e. The molecule has 16 heavy (non-hydrogen) atoms. The van der Waals surface area contributed by atoms with Crippen molar-refractivity contribution in [3.05, 3.63) is 18.2 Å². The van der Waals surface area contributed by atoms with Crippen LogP contribution in [0, 0.1) is 0 Å². The van der Waals surface area contributed by atoms with E-state index < -0.39 is 0 Å². The van der Waals surface area contributed by atoms with Crippen LogP contribution in [0.5, 0.6) is 0 Å². The lowest BCUT2D eigenvalue weighted by molar-refractivity contribution is 0.0727. The fourth-order valence-corrected chi connectivity index (χ4v) is 2.26. The van der Waals surface area contributed by atoms with Crippen LogP contribution in [0.4, 0.5) is 0 Å². The van der Waals surface area contributed by atoms with Gasteiger partial charge in [0.1, 0.15) is 5.69 Å². The Bertz CT molecular complexity index is 374. The van der Waals surface area contributed by atoms with Gasteiger partial charge in [-0.1, -0.05) is 0 Å². The maximum atomic E-state index is 12.3. The number of carbonyl (C=O) groups excluding carboxylic acids is 1. The molecule has 1 amide bonds. The number of likely N-dealkylation sites (N-methyl/N-ethyl adjacent to an activating group) is 1. The molecule has 0 bridgehead atoms. The molecule has 0 saturated carbocycles. The molecule has 5 heteroatoms. The van der Waals surface area contributed by atoms with Gasteiger partial charge in [-0.05, 0) is 19.9 Å². The van der Waals surface area contributed by atoms with Gasteiger partial charge in [0.25, 0.3) is 5.91 Å². The lowest BCUT2D eigenvalue weighted by Crippen LogP contribution is -2.41. The highest BCUT2D eigenvalue weighted by Gasteiger charge is 2.29. The van der Waals surface area contributed by atoms with Crippen molar-refractivity contribution in [1.82, 2.24) is 19.8 Å². The minimum absolute atomic E-state index is 0.0951. The first-order valence-electron chi connectivity index (χ1n) is 5.66. The Hall–Kier alpha value is -1.36. The molecular formula is C11H18N4O. The van der Waals surface area contributed by atoms with Crippen molar-refractivity contribution in [1.29, 1.82) is 0 Å². The van der Waals surface area contributed by atoms with E-state index in [9.17, 15) is 4.79 Å². The first-order chi connectivity index (χ1) is 7.74. The standard InChI is InChI=1S/C11H18N4O/c1-12-6-9-4-3-5-15(9)11(16)10-7-13-8-14(10)2/h7-9,12H,3-6H2,1-2H3. The number of rotatable bonds is 3. The van der Waals surface area contributed by atoms with E-state index in [0.29, 0.717) is 11.7 Å². The molecule has 1 aliphatic heterocycles. The number of carbonyl (C=O) groups is 1. The summed E-state index contributed by atoms with van der Waals surface area (Å²) in [6, 6.07) is 0.326. The number of hydrogen-bond donors (Lipinski definition) is 1. The molecule has 1 fully saturated rings. The van der Waals surface area contributed by atoms with Crippen molar-refractivity contribution < 1.29 is 4.79 Å². The molecule has 1 aromatic heterocycles. The molecule has 5 nitrogen and oxygen atoms in total. The van der Waals surface area contributed by atoms with E-state index in [0.717, 1.165) is 25.9 Å². The third-order valence-electron chi connectivity index (χ3n) is 3.11. The van der Waals surface area contributed by atoms with E-state index in [-0.39, 0.29) is 5.91 Å². The molecule has 1 unspecified atom stereocenters. The van der Waals surface area contributed by atoms with Crippen LogP contribution in [0.25, 0.3) is 0 Å². The van der Waals surface area contributed by atoms with Crippen LogP contribution in [0.15, 0.2) is 12.5 Å².